The normalized spacial score (nSPS) is 10.8. The van der Waals surface area contributed by atoms with Crippen molar-refractivity contribution in [3.63, 3.8) is 0 Å². The van der Waals surface area contributed by atoms with Gasteiger partial charge in [-0.1, -0.05) is 0 Å². The maximum atomic E-state index is 12.5. The van der Waals surface area contributed by atoms with Crippen LogP contribution in [0.5, 0.6) is 0 Å². The van der Waals surface area contributed by atoms with Crippen LogP contribution in [0, 0.1) is 0 Å². The molecule has 6 heteroatoms. The lowest BCUT2D eigenvalue weighted by atomic mass is 10.1. The zero-order valence-electron chi connectivity index (χ0n) is 6.40. The number of nitrogens with two attached hydrogens (primary N) is 1. The van der Waals surface area contributed by atoms with E-state index in [9.17, 15) is 8.78 Å². The number of hydrogen-bond acceptors (Lipinski definition) is 2. The smallest absolute Gasteiger partial charge is 0.265 e. The number of alkyl halides is 3. The molecule has 0 aliphatic carbocycles. The highest BCUT2D eigenvalue weighted by Gasteiger charge is 2.18. The zero-order valence-corrected chi connectivity index (χ0v) is 8.74. The Balaban J connectivity index is 3.35. The van der Waals surface area contributed by atoms with E-state index in [0.717, 1.165) is 0 Å². The second-order valence-electron chi connectivity index (χ2n) is 2.32. The van der Waals surface area contributed by atoms with Crippen molar-refractivity contribution in [2.24, 2.45) is 0 Å². The minimum atomic E-state index is -2.60. The number of nitrogens with zero attached hydrogens (tertiary/aromatic N) is 1. The number of nitrogen functional groups attached to an aromatic ring is 1. The van der Waals surface area contributed by atoms with Gasteiger partial charge in [0.05, 0.1) is 5.88 Å². The van der Waals surface area contributed by atoms with Gasteiger partial charge < -0.3 is 5.73 Å². The van der Waals surface area contributed by atoms with Gasteiger partial charge in [-0.15, -0.1) is 11.6 Å². The summed E-state index contributed by atoms with van der Waals surface area (Å²) in [6.45, 7) is 0. The van der Waals surface area contributed by atoms with Crippen molar-refractivity contribution in [1.29, 1.82) is 0 Å². The fraction of sp³-hybridized carbons (Fsp3) is 0.286. The zero-order chi connectivity index (χ0) is 10.0. The molecule has 0 saturated carbocycles. The number of rotatable bonds is 2. The molecule has 0 radical (unpaired) electrons. The van der Waals surface area contributed by atoms with Crippen LogP contribution in [0.15, 0.2) is 10.7 Å². The van der Waals surface area contributed by atoms with Gasteiger partial charge in [0.2, 0.25) is 0 Å². The van der Waals surface area contributed by atoms with Crippen LogP contribution < -0.4 is 5.73 Å². The first-order valence-electron chi connectivity index (χ1n) is 3.34. The van der Waals surface area contributed by atoms with Crippen LogP contribution in [0.3, 0.4) is 0 Å². The highest BCUT2D eigenvalue weighted by Crippen LogP contribution is 2.33. The molecule has 0 aliphatic rings. The fourth-order valence-corrected chi connectivity index (χ4v) is 1.73. The molecule has 1 rings (SSSR count). The summed E-state index contributed by atoms with van der Waals surface area (Å²) in [5.74, 6) is -0.0219. The van der Waals surface area contributed by atoms with E-state index >= 15 is 0 Å². The Hall–Kier alpha value is -0.420. The van der Waals surface area contributed by atoms with Crippen molar-refractivity contribution in [3.8, 4) is 0 Å². The summed E-state index contributed by atoms with van der Waals surface area (Å²) in [5, 5.41) is 0. The summed E-state index contributed by atoms with van der Waals surface area (Å²) in [5.41, 5.74) is 5.40. The Labute approximate surface area is 87.2 Å². The third kappa shape index (κ3) is 2.08. The predicted molar refractivity (Wildman–Crippen MR) is 50.9 cm³/mol. The van der Waals surface area contributed by atoms with Crippen molar-refractivity contribution in [2.45, 2.75) is 12.3 Å². The number of halogens is 4. The van der Waals surface area contributed by atoms with Crippen molar-refractivity contribution in [3.05, 3.63) is 21.8 Å². The van der Waals surface area contributed by atoms with Crippen LogP contribution in [0.4, 0.5) is 14.6 Å². The maximum Gasteiger partial charge on any atom is 0.265 e. The molecule has 2 N–H and O–H groups in total. The molecule has 0 aromatic carbocycles. The molecule has 72 valence electrons. The van der Waals surface area contributed by atoms with Crippen molar-refractivity contribution in [2.75, 3.05) is 5.73 Å². The highest BCUT2D eigenvalue weighted by atomic mass is 79.9. The van der Waals surface area contributed by atoms with Crippen LogP contribution >= 0.6 is 27.5 Å². The first kappa shape index (κ1) is 10.7. The third-order valence-corrected chi connectivity index (χ3v) is 2.46. The Morgan fingerprint density at radius 2 is 2.23 bits per heavy atom. The molecular formula is C7H6BrClF2N2. The summed E-state index contributed by atoms with van der Waals surface area (Å²) in [6, 6.07) is 0. The van der Waals surface area contributed by atoms with Gasteiger partial charge in [0.25, 0.3) is 6.43 Å². The van der Waals surface area contributed by atoms with E-state index in [1.165, 1.54) is 6.20 Å². The molecule has 0 aliphatic heterocycles. The van der Waals surface area contributed by atoms with E-state index in [1.807, 2.05) is 0 Å². The van der Waals surface area contributed by atoms with Crippen LogP contribution in [0.2, 0.25) is 0 Å². The first-order valence-corrected chi connectivity index (χ1v) is 4.67. The summed E-state index contributed by atoms with van der Waals surface area (Å²) in [6.07, 6.45) is -1.36. The summed E-state index contributed by atoms with van der Waals surface area (Å²) in [4.78, 5) is 3.71. The minimum Gasteiger partial charge on any atom is -0.383 e. The average Bonchev–Trinajstić information content (AvgIpc) is 2.07. The molecule has 1 heterocycles. The van der Waals surface area contributed by atoms with Gasteiger partial charge >= 0.3 is 0 Å². The molecule has 0 amide bonds. The van der Waals surface area contributed by atoms with Gasteiger partial charge in [0.1, 0.15) is 5.82 Å². The SMILES string of the molecule is Nc1ncc(Br)c(C(F)F)c1CCl. The first-order chi connectivity index (χ1) is 6.07. The van der Waals surface area contributed by atoms with E-state index < -0.39 is 6.43 Å². The minimum absolute atomic E-state index is 0.0495. The van der Waals surface area contributed by atoms with E-state index in [2.05, 4.69) is 20.9 Å². The third-order valence-electron chi connectivity index (χ3n) is 1.56. The van der Waals surface area contributed by atoms with Gasteiger partial charge in [-0.05, 0) is 15.9 Å². The van der Waals surface area contributed by atoms with Gasteiger partial charge in [0.15, 0.2) is 0 Å². The van der Waals surface area contributed by atoms with Crippen molar-refractivity contribution in [1.82, 2.24) is 4.98 Å². The van der Waals surface area contributed by atoms with E-state index in [4.69, 9.17) is 17.3 Å². The highest BCUT2D eigenvalue weighted by molar-refractivity contribution is 9.10. The molecule has 0 fully saturated rings. The molecule has 1 aromatic rings. The molecule has 0 spiro atoms. The standard InChI is InChI=1S/C7H6BrClF2N2/c8-4-2-13-7(12)3(1-9)5(4)6(10)11/h2,6H,1H2,(H2,12,13). The van der Waals surface area contributed by atoms with Crippen molar-refractivity contribution >= 4 is 33.3 Å². The van der Waals surface area contributed by atoms with E-state index in [-0.39, 0.29) is 27.3 Å². The second kappa shape index (κ2) is 4.19. The molecule has 1 aromatic heterocycles. The van der Waals surface area contributed by atoms with Crippen LogP contribution in [-0.2, 0) is 5.88 Å². The lowest BCUT2D eigenvalue weighted by molar-refractivity contribution is 0.149. The number of hydrogen-bond donors (Lipinski definition) is 1. The van der Waals surface area contributed by atoms with E-state index in [1.54, 1.807) is 0 Å². The van der Waals surface area contributed by atoms with Gasteiger partial charge in [-0.3, -0.25) is 0 Å². The molecule has 0 saturated heterocycles. The van der Waals surface area contributed by atoms with Gasteiger partial charge in [0, 0.05) is 21.8 Å². The quantitative estimate of drug-likeness (QED) is 0.840. The lowest BCUT2D eigenvalue weighted by Crippen LogP contribution is -2.02. The van der Waals surface area contributed by atoms with Crippen LogP contribution in [0.25, 0.3) is 0 Å². The molecular weight excluding hydrogens is 265 g/mol. The lowest BCUT2D eigenvalue weighted by Gasteiger charge is -2.09. The van der Waals surface area contributed by atoms with E-state index in [0.29, 0.717) is 0 Å². The topological polar surface area (TPSA) is 38.9 Å². The van der Waals surface area contributed by atoms with Gasteiger partial charge in [-0.2, -0.15) is 0 Å². The molecule has 2 nitrogen and oxygen atoms in total. The predicted octanol–water partition coefficient (Wildman–Crippen LogP) is 3.10. The Bertz CT molecular complexity index is 320. The Kier molecular flexibility index (Phi) is 3.44. The maximum absolute atomic E-state index is 12.5. The van der Waals surface area contributed by atoms with Crippen LogP contribution in [-0.4, -0.2) is 4.98 Å². The number of aromatic nitrogens is 1. The molecule has 0 bridgehead atoms. The summed E-state index contributed by atoms with van der Waals surface area (Å²) < 4.78 is 25.2. The Morgan fingerprint density at radius 3 is 2.62 bits per heavy atom. The average molecular weight is 271 g/mol. The van der Waals surface area contributed by atoms with Crippen molar-refractivity contribution < 1.29 is 8.78 Å². The molecule has 0 atom stereocenters. The summed E-state index contributed by atoms with van der Waals surface area (Å²) >= 11 is 8.45. The molecule has 0 unspecified atom stereocenters. The van der Waals surface area contributed by atoms with Gasteiger partial charge in [-0.25, -0.2) is 13.8 Å². The molecule has 13 heavy (non-hydrogen) atoms. The largest absolute Gasteiger partial charge is 0.383 e. The van der Waals surface area contributed by atoms with Crippen LogP contribution in [0.1, 0.15) is 17.6 Å². The Morgan fingerprint density at radius 1 is 1.62 bits per heavy atom. The second-order valence-corrected chi connectivity index (χ2v) is 3.44. The monoisotopic (exact) mass is 270 g/mol. The fourth-order valence-electron chi connectivity index (χ4n) is 0.932. The number of anilines is 1. The number of pyridine rings is 1. The summed E-state index contributed by atoms with van der Waals surface area (Å²) in [7, 11) is 0.